The first-order valence-corrected chi connectivity index (χ1v) is 8.78. The third-order valence-electron chi connectivity index (χ3n) is 5.91. The van der Waals surface area contributed by atoms with Crippen molar-refractivity contribution in [3.8, 4) is 0 Å². The number of rotatable bonds is 3. The van der Waals surface area contributed by atoms with Crippen molar-refractivity contribution in [2.45, 2.75) is 44.6 Å². The minimum absolute atomic E-state index is 0.230. The van der Waals surface area contributed by atoms with Gasteiger partial charge in [0, 0.05) is 30.7 Å². The summed E-state index contributed by atoms with van der Waals surface area (Å²) in [6.07, 6.45) is 6.57. The van der Waals surface area contributed by atoms with Gasteiger partial charge in [-0.2, -0.15) is 0 Å². The monoisotopic (exact) mass is 298 g/mol. The standard InChI is InChI=1S/C19H26N2O/c1-15-5-2-3-6-17(15)18(22)20-12-10-19(14-20)9-4-11-21(19)13-16-7-8-16/h2-3,5-6,16H,4,7-14H2,1H3. The van der Waals surface area contributed by atoms with Gasteiger partial charge in [-0.25, -0.2) is 0 Å². The van der Waals surface area contributed by atoms with Gasteiger partial charge >= 0.3 is 0 Å². The molecule has 3 fully saturated rings. The molecule has 4 rings (SSSR count). The minimum Gasteiger partial charge on any atom is -0.337 e. The lowest BCUT2D eigenvalue weighted by Gasteiger charge is -2.35. The molecule has 2 aliphatic heterocycles. The first-order chi connectivity index (χ1) is 10.7. The molecule has 1 unspecified atom stereocenters. The molecule has 1 aliphatic carbocycles. The number of carbonyl (C=O) groups is 1. The molecule has 0 radical (unpaired) electrons. The molecule has 118 valence electrons. The van der Waals surface area contributed by atoms with Crippen LogP contribution in [0.3, 0.4) is 0 Å². The Bertz CT molecular complexity index is 581. The summed E-state index contributed by atoms with van der Waals surface area (Å²) < 4.78 is 0. The lowest BCUT2D eigenvalue weighted by molar-refractivity contribution is 0.0743. The molecular formula is C19H26N2O. The van der Waals surface area contributed by atoms with Crippen molar-refractivity contribution in [2.24, 2.45) is 5.92 Å². The van der Waals surface area contributed by atoms with Gasteiger partial charge in [0.25, 0.3) is 5.91 Å². The van der Waals surface area contributed by atoms with E-state index in [-0.39, 0.29) is 5.91 Å². The number of aryl methyl sites for hydroxylation is 1. The highest BCUT2D eigenvalue weighted by Crippen LogP contribution is 2.41. The number of amides is 1. The SMILES string of the molecule is Cc1ccccc1C(=O)N1CCC2(CCCN2CC2CC2)C1. The van der Waals surface area contributed by atoms with E-state index in [0.717, 1.165) is 36.6 Å². The van der Waals surface area contributed by atoms with Crippen LogP contribution in [-0.2, 0) is 0 Å². The van der Waals surface area contributed by atoms with Crippen molar-refractivity contribution in [3.63, 3.8) is 0 Å². The Kier molecular flexibility index (Phi) is 3.48. The van der Waals surface area contributed by atoms with E-state index in [0.29, 0.717) is 5.54 Å². The lowest BCUT2D eigenvalue weighted by atomic mass is 9.95. The summed E-state index contributed by atoms with van der Waals surface area (Å²) in [4.78, 5) is 17.7. The molecule has 2 saturated heterocycles. The Labute approximate surface area is 133 Å². The summed E-state index contributed by atoms with van der Waals surface area (Å²) >= 11 is 0. The van der Waals surface area contributed by atoms with E-state index >= 15 is 0 Å². The molecule has 2 heterocycles. The van der Waals surface area contributed by atoms with Crippen LogP contribution >= 0.6 is 0 Å². The molecule has 3 aliphatic rings. The summed E-state index contributed by atoms with van der Waals surface area (Å²) in [5.41, 5.74) is 2.27. The number of hydrogen-bond acceptors (Lipinski definition) is 2. The smallest absolute Gasteiger partial charge is 0.254 e. The second-order valence-corrected chi connectivity index (χ2v) is 7.51. The first-order valence-electron chi connectivity index (χ1n) is 8.78. The molecule has 0 aromatic heterocycles. The highest BCUT2D eigenvalue weighted by molar-refractivity contribution is 5.95. The minimum atomic E-state index is 0.230. The van der Waals surface area contributed by atoms with Crippen LogP contribution in [-0.4, -0.2) is 47.4 Å². The van der Waals surface area contributed by atoms with E-state index in [1.807, 2.05) is 31.2 Å². The van der Waals surface area contributed by atoms with Gasteiger partial charge in [-0.15, -0.1) is 0 Å². The van der Waals surface area contributed by atoms with Crippen LogP contribution in [0.5, 0.6) is 0 Å². The predicted molar refractivity (Wildman–Crippen MR) is 88.0 cm³/mol. The second-order valence-electron chi connectivity index (χ2n) is 7.51. The van der Waals surface area contributed by atoms with E-state index in [1.165, 1.54) is 38.8 Å². The fraction of sp³-hybridized carbons (Fsp3) is 0.632. The van der Waals surface area contributed by atoms with E-state index in [1.54, 1.807) is 0 Å². The number of benzene rings is 1. The van der Waals surface area contributed by atoms with E-state index < -0.39 is 0 Å². The molecule has 0 N–H and O–H groups in total. The van der Waals surface area contributed by atoms with Crippen LogP contribution in [0.25, 0.3) is 0 Å². The number of carbonyl (C=O) groups excluding carboxylic acids is 1. The number of nitrogens with zero attached hydrogens (tertiary/aromatic N) is 2. The Morgan fingerprint density at radius 2 is 2.05 bits per heavy atom. The summed E-state index contributed by atoms with van der Waals surface area (Å²) in [5.74, 6) is 1.17. The maximum absolute atomic E-state index is 12.9. The average molecular weight is 298 g/mol. The van der Waals surface area contributed by atoms with Gasteiger partial charge in [0.2, 0.25) is 0 Å². The summed E-state index contributed by atoms with van der Waals surface area (Å²) in [5, 5.41) is 0. The molecule has 3 nitrogen and oxygen atoms in total. The molecule has 1 atom stereocenters. The number of likely N-dealkylation sites (tertiary alicyclic amines) is 2. The van der Waals surface area contributed by atoms with Crippen molar-refractivity contribution in [1.82, 2.24) is 9.80 Å². The topological polar surface area (TPSA) is 23.6 Å². The van der Waals surface area contributed by atoms with Crippen molar-refractivity contribution in [1.29, 1.82) is 0 Å². The molecule has 1 aromatic carbocycles. The van der Waals surface area contributed by atoms with Crippen LogP contribution < -0.4 is 0 Å². The summed E-state index contributed by atoms with van der Waals surface area (Å²) in [6, 6.07) is 7.99. The van der Waals surface area contributed by atoms with Crippen molar-refractivity contribution < 1.29 is 4.79 Å². The third-order valence-corrected chi connectivity index (χ3v) is 5.91. The van der Waals surface area contributed by atoms with Crippen molar-refractivity contribution in [3.05, 3.63) is 35.4 Å². The van der Waals surface area contributed by atoms with Crippen LogP contribution in [0, 0.1) is 12.8 Å². The zero-order chi connectivity index (χ0) is 15.2. The maximum Gasteiger partial charge on any atom is 0.254 e. The predicted octanol–water partition coefficient (Wildman–Crippen LogP) is 3.09. The summed E-state index contributed by atoms with van der Waals surface area (Å²) in [6.45, 7) is 6.41. The molecule has 1 aromatic rings. The zero-order valence-electron chi connectivity index (χ0n) is 13.6. The number of hydrogen-bond donors (Lipinski definition) is 0. The van der Waals surface area contributed by atoms with Gasteiger partial charge in [0.05, 0.1) is 0 Å². The van der Waals surface area contributed by atoms with Crippen LogP contribution in [0.2, 0.25) is 0 Å². The lowest BCUT2D eigenvalue weighted by Crippen LogP contribution is -2.47. The molecule has 1 spiro atoms. The van der Waals surface area contributed by atoms with E-state index in [9.17, 15) is 4.79 Å². The van der Waals surface area contributed by atoms with Gasteiger partial charge in [-0.3, -0.25) is 9.69 Å². The molecular weight excluding hydrogens is 272 g/mol. The Balaban J connectivity index is 1.49. The van der Waals surface area contributed by atoms with Crippen molar-refractivity contribution in [2.75, 3.05) is 26.2 Å². The quantitative estimate of drug-likeness (QED) is 0.856. The van der Waals surface area contributed by atoms with Crippen LogP contribution in [0.1, 0.15) is 48.0 Å². The molecule has 1 amide bonds. The fourth-order valence-electron chi connectivity index (χ4n) is 4.37. The van der Waals surface area contributed by atoms with Crippen molar-refractivity contribution >= 4 is 5.91 Å². The van der Waals surface area contributed by atoms with Gasteiger partial charge in [0.1, 0.15) is 0 Å². The van der Waals surface area contributed by atoms with E-state index in [2.05, 4.69) is 9.80 Å². The van der Waals surface area contributed by atoms with Gasteiger partial charge < -0.3 is 4.90 Å². The first kappa shape index (κ1) is 14.3. The Morgan fingerprint density at radius 1 is 1.23 bits per heavy atom. The third kappa shape index (κ3) is 2.45. The van der Waals surface area contributed by atoms with Gasteiger partial charge in [-0.1, -0.05) is 18.2 Å². The molecule has 0 bridgehead atoms. The highest BCUT2D eigenvalue weighted by atomic mass is 16.2. The average Bonchev–Trinajstić information content (AvgIpc) is 3.11. The zero-order valence-corrected chi connectivity index (χ0v) is 13.6. The maximum atomic E-state index is 12.9. The molecule has 3 heteroatoms. The van der Waals surface area contributed by atoms with Gasteiger partial charge in [-0.05, 0) is 63.1 Å². The normalized spacial score (nSPS) is 28.7. The Hall–Kier alpha value is -1.35. The van der Waals surface area contributed by atoms with Crippen LogP contribution in [0.4, 0.5) is 0 Å². The highest BCUT2D eigenvalue weighted by Gasteiger charge is 2.48. The molecule has 22 heavy (non-hydrogen) atoms. The van der Waals surface area contributed by atoms with E-state index in [4.69, 9.17) is 0 Å². The Morgan fingerprint density at radius 3 is 2.82 bits per heavy atom. The fourth-order valence-corrected chi connectivity index (χ4v) is 4.37. The largest absolute Gasteiger partial charge is 0.337 e. The van der Waals surface area contributed by atoms with Crippen LogP contribution in [0.15, 0.2) is 24.3 Å². The second kappa shape index (κ2) is 5.38. The van der Waals surface area contributed by atoms with Gasteiger partial charge in [0.15, 0.2) is 0 Å². The molecule has 1 saturated carbocycles. The summed E-state index contributed by atoms with van der Waals surface area (Å²) in [7, 11) is 0.